The second kappa shape index (κ2) is 6.28. The second-order valence-electron chi connectivity index (χ2n) is 5.32. The Bertz CT molecular complexity index is 806. The van der Waals surface area contributed by atoms with Gasteiger partial charge in [0.1, 0.15) is 0 Å². The number of carbonyl (C=O) groups is 1. The molecule has 0 spiro atoms. The van der Waals surface area contributed by atoms with Crippen LogP contribution in [0.3, 0.4) is 0 Å². The molecule has 0 aliphatic heterocycles. The van der Waals surface area contributed by atoms with Crippen molar-refractivity contribution in [3.05, 3.63) is 58.6 Å². The second-order valence-corrected chi connectivity index (χ2v) is 6.55. The maximum Gasteiger partial charge on any atom is 0.255 e. The molecular weight excluding hydrogens is 292 g/mol. The Kier molecular flexibility index (Phi) is 4.20. The summed E-state index contributed by atoms with van der Waals surface area (Å²) < 4.78 is 1.14. The Morgan fingerprint density at radius 2 is 1.95 bits per heavy atom. The first-order valence-corrected chi connectivity index (χ1v) is 8.25. The summed E-state index contributed by atoms with van der Waals surface area (Å²) in [5.74, 6) is -0.0886. The van der Waals surface area contributed by atoms with Gasteiger partial charge in [0.2, 0.25) is 0 Å². The molecule has 0 unspecified atom stereocenters. The van der Waals surface area contributed by atoms with E-state index in [1.807, 2.05) is 49.4 Å². The zero-order valence-electron chi connectivity index (χ0n) is 12.7. The average Bonchev–Trinajstić information content (AvgIpc) is 2.87. The number of nitrogens with zero attached hydrogens (tertiary/aromatic N) is 1. The molecule has 4 heteroatoms. The van der Waals surface area contributed by atoms with Gasteiger partial charge in [-0.15, -0.1) is 11.3 Å². The van der Waals surface area contributed by atoms with Crippen LogP contribution in [0.2, 0.25) is 0 Å². The number of rotatable bonds is 4. The number of thiazole rings is 1. The fraction of sp³-hybridized carbons (Fsp3) is 0.222. The summed E-state index contributed by atoms with van der Waals surface area (Å²) in [4.78, 5) is 16.7. The minimum absolute atomic E-state index is 0.0886. The van der Waals surface area contributed by atoms with Gasteiger partial charge in [-0.3, -0.25) is 4.79 Å². The summed E-state index contributed by atoms with van der Waals surface area (Å²) in [6.45, 7) is 4.14. The number of benzene rings is 2. The number of amides is 1. The Hall–Kier alpha value is -2.20. The predicted molar refractivity (Wildman–Crippen MR) is 92.7 cm³/mol. The minimum Gasteiger partial charge on any atom is -0.322 e. The molecule has 3 rings (SSSR count). The minimum atomic E-state index is -0.0886. The smallest absolute Gasteiger partial charge is 0.255 e. The van der Waals surface area contributed by atoms with Crippen molar-refractivity contribution in [1.82, 2.24) is 4.98 Å². The monoisotopic (exact) mass is 310 g/mol. The molecule has 0 bridgehead atoms. The van der Waals surface area contributed by atoms with Gasteiger partial charge < -0.3 is 5.32 Å². The van der Waals surface area contributed by atoms with Crippen molar-refractivity contribution in [2.24, 2.45) is 0 Å². The summed E-state index contributed by atoms with van der Waals surface area (Å²) in [6.07, 6.45) is 2.15. The van der Waals surface area contributed by atoms with Crippen LogP contribution in [-0.4, -0.2) is 10.9 Å². The molecule has 112 valence electrons. The lowest BCUT2D eigenvalue weighted by atomic mass is 10.1. The molecule has 0 fully saturated rings. The maximum absolute atomic E-state index is 12.3. The Morgan fingerprint density at radius 1 is 1.18 bits per heavy atom. The Balaban J connectivity index is 1.76. The molecule has 0 saturated carbocycles. The Morgan fingerprint density at radius 3 is 2.68 bits per heavy atom. The molecule has 1 heterocycles. The molecule has 3 nitrogen and oxygen atoms in total. The number of hydrogen-bond acceptors (Lipinski definition) is 3. The van der Waals surface area contributed by atoms with Crippen LogP contribution in [0.1, 0.15) is 34.3 Å². The highest BCUT2D eigenvalue weighted by atomic mass is 32.1. The van der Waals surface area contributed by atoms with Crippen molar-refractivity contribution < 1.29 is 4.79 Å². The fourth-order valence-electron chi connectivity index (χ4n) is 2.44. The molecule has 3 aromatic rings. The van der Waals surface area contributed by atoms with Gasteiger partial charge in [-0.1, -0.05) is 25.5 Å². The largest absolute Gasteiger partial charge is 0.322 e. The molecule has 0 saturated heterocycles. The maximum atomic E-state index is 12.3. The number of fused-ring (bicyclic) bond motifs is 1. The van der Waals surface area contributed by atoms with Crippen molar-refractivity contribution in [1.29, 1.82) is 0 Å². The van der Waals surface area contributed by atoms with Crippen LogP contribution in [0.5, 0.6) is 0 Å². The molecule has 0 aliphatic rings. The standard InChI is InChI=1S/C18H18N2OS/c1-3-4-13-5-7-14(8-6-13)18(21)20-15-9-10-17-16(11-15)19-12(2)22-17/h5-11H,3-4H2,1-2H3,(H,20,21). The molecule has 2 aromatic carbocycles. The first kappa shape index (κ1) is 14.7. The fourth-order valence-corrected chi connectivity index (χ4v) is 3.24. The van der Waals surface area contributed by atoms with E-state index in [1.54, 1.807) is 11.3 Å². The number of hydrogen-bond donors (Lipinski definition) is 1. The summed E-state index contributed by atoms with van der Waals surface area (Å²) >= 11 is 1.66. The molecule has 1 amide bonds. The molecule has 0 radical (unpaired) electrons. The van der Waals surface area contributed by atoms with Gasteiger partial charge >= 0.3 is 0 Å². The van der Waals surface area contributed by atoms with Crippen molar-refractivity contribution in [3.63, 3.8) is 0 Å². The summed E-state index contributed by atoms with van der Waals surface area (Å²) in [5, 5.41) is 3.97. The molecule has 0 atom stereocenters. The van der Waals surface area contributed by atoms with Crippen LogP contribution in [0, 0.1) is 6.92 Å². The molecule has 22 heavy (non-hydrogen) atoms. The van der Waals surface area contributed by atoms with Crippen molar-refractivity contribution in [3.8, 4) is 0 Å². The lowest BCUT2D eigenvalue weighted by Crippen LogP contribution is -2.11. The summed E-state index contributed by atoms with van der Waals surface area (Å²) in [5.41, 5.74) is 3.65. The topological polar surface area (TPSA) is 42.0 Å². The number of anilines is 1. The third-order valence-electron chi connectivity index (χ3n) is 3.51. The van der Waals surface area contributed by atoms with E-state index in [4.69, 9.17) is 0 Å². The number of aromatic nitrogens is 1. The van der Waals surface area contributed by atoms with Gasteiger partial charge in [0, 0.05) is 11.3 Å². The van der Waals surface area contributed by atoms with Gasteiger partial charge in [0.15, 0.2) is 0 Å². The number of carbonyl (C=O) groups excluding carboxylic acids is 1. The van der Waals surface area contributed by atoms with Crippen LogP contribution in [0.15, 0.2) is 42.5 Å². The zero-order chi connectivity index (χ0) is 15.5. The summed E-state index contributed by atoms with van der Waals surface area (Å²) in [6, 6.07) is 13.6. The SMILES string of the molecule is CCCc1ccc(C(=O)Nc2ccc3sc(C)nc3c2)cc1. The van der Waals surface area contributed by atoms with Crippen LogP contribution in [-0.2, 0) is 6.42 Å². The lowest BCUT2D eigenvalue weighted by molar-refractivity contribution is 0.102. The average molecular weight is 310 g/mol. The van der Waals surface area contributed by atoms with Crippen LogP contribution < -0.4 is 5.32 Å². The van der Waals surface area contributed by atoms with Gasteiger partial charge in [-0.2, -0.15) is 0 Å². The van der Waals surface area contributed by atoms with E-state index >= 15 is 0 Å². The molecule has 1 N–H and O–H groups in total. The van der Waals surface area contributed by atoms with Crippen molar-refractivity contribution in [2.75, 3.05) is 5.32 Å². The van der Waals surface area contributed by atoms with E-state index in [-0.39, 0.29) is 5.91 Å². The number of aryl methyl sites for hydroxylation is 2. The van der Waals surface area contributed by atoms with Crippen molar-refractivity contribution >= 4 is 33.1 Å². The van der Waals surface area contributed by atoms with Crippen LogP contribution in [0.25, 0.3) is 10.2 Å². The molecule has 1 aromatic heterocycles. The van der Waals surface area contributed by atoms with Gasteiger partial charge in [-0.25, -0.2) is 4.98 Å². The highest BCUT2D eigenvalue weighted by molar-refractivity contribution is 7.18. The molecule has 0 aliphatic carbocycles. The van der Waals surface area contributed by atoms with Gasteiger partial charge in [0.05, 0.1) is 15.2 Å². The van der Waals surface area contributed by atoms with E-state index in [9.17, 15) is 4.79 Å². The van der Waals surface area contributed by atoms with Crippen LogP contribution in [0.4, 0.5) is 5.69 Å². The first-order chi connectivity index (χ1) is 10.7. The third kappa shape index (κ3) is 3.17. The normalized spacial score (nSPS) is 10.8. The van der Waals surface area contributed by atoms with E-state index in [2.05, 4.69) is 17.2 Å². The quantitative estimate of drug-likeness (QED) is 0.751. The lowest BCUT2D eigenvalue weighted by Gasteiger charge is -2.06. The van der Waals surface area contributed by atoms with E-state index in [0.717, 1.165) is 33.8 Å². The Labute approximate surface area is 134 Å². The summed E-state index contributed by atoms with van der Waals surface area (Å²) in [7, 11) is 0. The van der Waals surface area contributed by atoms with E-state index in [0.29, 0.717) is 5.56 Å². The van der Waals surface area contributed by atoms with Crippen molar-refractivity contribution in [2.45, 2.75) is 26.7 Å². The van der Waals surface area contributed by atoms with E-state index in [1.165, 1.54) is 5.56 Å². The first-order valence-electron chi connectivity index (χ1n) is 7.43. The highest BCUT2D eigenvalue weighted by Crippen LogP contribution is 2.24. The molecular formula is C18H18N2OS. The number of nitrogens with one attached hydrogen (secondary N) is 1. The van der Waals surface area contributed by atoms with Gasteiger partial charge in [0.25, 0.3) is 5.91 Å². The van der Waals surface area contributed by atoms with E-state index < -0.39 is 0 Å². The zero-order valence-corrected chi connectivity index (χ0v) is 13.5. The predicted octanol–water partition coefficient (Wildman–Crippen LogP) is 4.81. The third-order valence-corrected chi connectivity index (χ3v) is 4.46. The highest BCUT2D eigenvalue weighted by Gasteiger charge is 2.08. The van der Waals surface area contributed by atoms with Crippen LogP contribution >= 0.6 is 11.3 Å². The van der Waals surface area contributed by atoms with Gasteiger partial charge in [-0.05, 0) is 49.2 Å².